The molecule has 28 heavy (non-hydrogen) atoms. The van der Waals surface area contributed by atoms with Crippen LogP contribution in [0.25, 0.3) is 0 Å². The van der Waals surface area contributed by atoms with E-state index < -0.39 is 7.14 Å². The lowest BCUT2D eigenvalue weighted by atomic mass is 10.2. The number of hydrogen-bond donors (Lipinski definition) is 6. The Labute approximate surface area is 198 Å². The minimum absolute atomic E-state index is 0.339. The summed E-state index contributed by atoms with van der Waals surface area (Å²) in [7, 11) is -2.90. The van der Waals surface area contributed by atoms with Gasteiger partial charge in [0.2, 0.25) is 0 Å². The van der Waals surface area contributed by atoms with Gasteiger partial charge in [0.05, 0.1) is 0 Å². The molecule has 0 aliphatic rings. The molecular weight excluding hydrogens is 480 g/mol. The van der Waals surface area contributed by atoms with E-state index in [-0.39, 0.29) is 0 Å². The average Bonchev–Trinajstić information content (AvgIpc) is 2.62. The maximum atomic E-state index is 14.4. The monoisotopic (exact) mass is 498 g/mol. The zero-order valence-corrected chi connectivity index (χ0v) is 20.9. The highest BCUT2D eigenvalue weighted by molar-refractivity contribution is 7.82. The van der Waals surface area contributed by atoms with E-state index in [4.69, 9.17) is 0 Å². The minimum atomic E-state index is -2.90. The van der Waals surface area contributed by atoms with E-state index in [9.17, 15) is 4.57 Å². The van der Waals surface area contributed by atoms with Gasteiger partial charge in [0.15, 0.2) is 0 Å². The van der Waals surface area contributed by atoms with Gasteiger partial charge in [0.25, 0.3) is 0 Å². The molecule has 0 bridgehead atoms. The Balaban J connectivity index is 2.12. The van der Waals surface area contributed by atoms with Crippen molar-refractivity contribution in [2.24, 2.45) is 0 Å². The molecule has 1 nitrogen and oxygen atoms in total. The van der Waals surface area contributed by atoms with Crippen LogP contribution in [0.2, 0.25) is 0 Å². The van der Waals surface area contributed by atoms with Gasteiger partial charge in [-0.3, -0.25) is 0 Å². The van der Waals surface area contributed by atoms with Gasteiger partial charge in [0, 0.05) is 47.0 Å². The summed E-state index contributed by atoms with van der Waals surface area (Å²) in [5.41, 5.74) is 1.70. The fourth-order valence-corrected chi connectivity index (χ4v) is 8.88. The third-order valence-electron chi connectivity index (χ3n) is 4.43. The minimum Gasteiger partial charge on any atom is -0.318 e. The van der Waals surface area contributed by atoms with Crippen molar-refractivity contribution in [2.75, 3.05) is 0 Å². The van der Waals surface area contributed by atoms with Crippen LogP contribution in [-0.2, 0) is 16.9 Å². The summed E-state index contributed by atoms with van der Waals surface area (Å²) in [5.74, 6) is 0. The molecule has 3 aromatic rings. The van der Waals surface area contributed by atoms with E-state index in [1.165, 1.54) is 0 Å². The van der Waals surface area contributed by atoms with Crippen molar-refractivity contribution >= 4 is 88.2 Å². The number of benzene rings is 3. The third-order valence-corrected chi connectivity index (χ3v) is 9.43. The summed E-state index contributed by atoms with van der Waals surface area (Å²) >= 11 is 27.1. The first-order valence-corrected chi connectivity index (χ1v) is 13.1. The molecule has 0 unspecified atom stereocenters. The van der Waals surface area contributed by atoms with Crippen LogP contribution in [0, 0.1) is 0 Å². The molecule has 0 aromatic heterocycles. The predicted molar refractivity (Wildman–Crippen MR) is 137 cm³/mol. The van der Waals surface area contributed by atoms with Crippen molar-refractivity contribution in [1.82, 2.24) is 0 Å². The molecule has 0 fully saturated rings. The Bertz CT molecular complexity index is 958. The summed E-state index contributed by atoms with van der Waals surface area (Å²) in [6, 6.07) is 16.9. The first-order valence-electron chi connectivity index (χ1n) is 8.31. The van der Waals surface area contributed by atoms with Crippen molar-refractivity contribution in [1.29, 1.82) is 0 Å². The molecule has 8 heteroatoms. The molecule has 0 saturated heterocycles. The van der Waals surface area contributed by atoms with Crippen LogP contribution in [0.1, 0.15) is 11.1 Å². The van der Waals surface area contributed by atoms with Gasteiger partial charge in [-0.25, -0.2) is 0 Å². The SMILES string of the molecule is O=P(Cc1c(S)cc(S)cc1S)(Cc1c(S)cc(S)cc1S)c1ccccc1. The van der Waals surface area contributed by atoms with Gasteiger partial charge >= 0.3 is 0 Å². The second-order valence-corrected chi connectivity index (χ2v) is 12.4. The lowest BCUT2D eigenvalue weighted by Crippen LogP contribution is -2.10. The molecule has 3 rings (SSSR count). The first-order chi connectivity index (χ1) is 13.2. The molecule has 146 valence electrons. The average molecular weight is 499 g/mol. The summed E-state index contributed by atoms with van der Waals surface area (Å²) in [4.78, 5) is 4.47. The van der Waals surface area contributed by atoms with Crippen LogP contribution in [0.15, 0.2) is 84.0 Å². The van der Waals surface area contributed by atoms with E-state index in [1.54, 1.807) is 0 Å². The number of thiol groups is 6. The van der Waals surface area contributed by atoms with Gasteiger partial charge in [0.1, 0.15) is 7.14 Å². The van der Waals surface area contributed by atoms with Gasteiger partial charge in [-0.1, -0.05) is 30.3 Å². The van der Waals surface area contributed by atoms with Crippen molar-refractivity contribution in [3.8, 4) is 0 Å². The van der Waals surface area contributed by atoms with E-state index in [0.29, 0.717) is 12.3 Å². The number of hydrogen-bond acceptors (Lipinski definition) is 7. The lowest BCUT2D eigenvalue weighted by molar-refractivity contribution is 0.578. The standard InChI is InChI=1S/C20H19OPS6/c21-22(12-4-2-1-3-5-12,10-15-17(25)6-13(23)7-18(15)26)11-16-19(27)8-14(24)9-20(16)28/h1-9,23-28H,10-11H2. The molecule has 0 aliphatic carbocycles. The maximum absolute atomic E-state index is 14.4. The highest BCUT2D eigenvalue weighted by atomic mass is 32.1. The molecule has 0 radical (unpaired) electrons. The van der Waals surface area contributed by atoms with Crippen LogP contribution >= 0.6 is 82.9 Å². The third kappa shape index (κ3) is 5.18. The van der Waals surface area contributed by atoms with Crippen molar-refractivity contribution in [3.63, 3.8) is 0 Å². The zero-order valence-electron chi connectivity index (χ0n) is 14.6. The Morgan fingerprint density at radius 2 is 0.964 bits per heavy atom. The quantitative estimate of drug-likeness (QED) is 0.168. The summed E-state index contributed by atoms with van der Waals surface area (Å²) in [6.07, 6.45) is 0.678. The van der Waals surface area contributed by atoms with Crippen LogP contribution in [-0.4, -0.2) is 0 Å². The molecule has 3 aromatic carbocycles. The van der Waals surface area contributed by atoms with Crippen LogP contribution in [0.3, 0.4) is 0 Å². The van der Waals surface area contributed by atoms with E-state index >= 15 is 0 Å². The van der Waals surface area contributed by atoms with E-state index in [2.05, 4.69) is 75.8 Å². The Kier molecular flexibility index (Phi) is 7.63. The highest BCUT2D eigenvalue weighted by Crippen LogP contribution is 2.54. The Morgan fingerprint density at radius 1 is 0.607 bits per heavy atom. The topological polar surface area (TPSA) is 17.1 Å². The first kappa shape index (κ1) is 22.7. The molecule has 0 saturated carbocycles. The normalized spacial score (nSPS) is 11.6. The zero-order chi connectivity index (χ0) is 20.5. The van der Waals surface area contributed by atoms with Crippen LogP contribution < -0.4 is 5.30 Å². The molecule has 0 N–H and O–H groups in total. The lowest BCUT2D eigenvalue weighted by Gasteiger charge is -2.23. The fourth-order valence-electron chi connectivity index (χ4n) is 3.03. The molecule has 0 amide bonds. The molecule has 0 aliphatic heterocycles. The molecule has 0 spiro atoms. The maximum Gasteiger partial charge on any atom is 0.124 e. The summed E-state index contributed by atoms with van der Waals surface area (Å²) in [5, 5.41) is 0.806. The highest BCUT2D eigenvalue weighted by Gasteiger charge is 2.29. The molecule has 0 heterocycles. The fraction of sp³-hybridized carbons (Fsp3) is 0.100. The van der Waals surface area contributed by atoms with Gasteiger partial charge in [-0.05, 0) is 35.4 Å². The molecule has 0 atom stereocenters. The predicted octanol–water partition coefficient (Wildman–Crippen LogP) is 6.81. The largest absolute Gasteiger partial charge is 0.318 e. The van der Waals surface area contributed by atoms with Gasteiger partial charge in [-0.15, -0.1) is 75.8 Å². The smallest absolute Gasteiger partial charge is 0.124 e. The van der Waals surface area contributed by atoms with Crippen molar-refractivity contribution in [2.45, 2.75) is 41.7 Å². The molecular formula is C20H19OPS6. The number of rotatable bonds is 5. The van der Waals surface area contributed by atoms with Crippen molar-refractivity contribution < 1.29 is 4.57 Å². The van der Waals surface area contributed by atoms with E-state index in [1.807, 2.05) is 54.6 Å². The second kappa shape index (κ2) is 9.42. The van der Waals surface area contributed by atoms with Crippen LogP contribution in [0.5, 0.6) is 0 Å². The Hall–Kier alpha value is -0.0100. The van der Waals surface area contributed by atoms with Gasteiger partial charge < -0.3 is 4.57 Å². The van der Waals surface area contributed by atoms with Gasteiger partial charge in [-0.2, -0.15) is 0 Å². The second-order valence-electron chi connectivity index (χ2n) is 6.47. The van der Waals surface area contributed by atoms with Crippen molar-refractivity contribution in [3.05, 3.63) is 65.7 Å². The van der Waals surface area contributed by atoms with Crippen LogP contribution in [0.4, 0.5) is 0 Å². The summed E-state index contributed by atoms with van der Waals surface area (Å²) in [6.45, 7) is 0. The summed E-state index contributed by atoms with van der Waals surface area (Å²) < 4.78 is 14.4. The Morgan fingerprint density at radius 3 is 1.32 bits per heavy atom. The van der Waals surface area contributed by atoms with E-state index in [0.717, 1.165) is 45.8 Å².